The smallest absolute Gasteiger partial charge is 0.130 e. The van der Waals surface area contributed by atoms with Crippen molar-refractivity contribution in [2.75, 3.05) is 5.32 Å². The largest absolute Gasteiger partial charge is 0.487 e. The maximum absolute atomic E-state index is 5.64. The molecular weight excluding hydrogens is 224 g/mol. The average Bonchev–Trinajstić information content (AvgIpc) is 2.38. The number of rotatable bonds is 5. The lowest BCUT2D eigenvalue weighted by molar-refractivity contribution is 0.301. The summed E-state index contributed by atoms with van der Waals surface area (Å²) in [6.45, 7) is 6.20. The maximum atomic E-state index is 5.64. The van der Waals surface area contributed by atoms with E-state index in [2.05, 4.69) is 16.9 Å². The standard InChI is InChI=1S/C15H16N2O/c1-12(2)17-13-6-8-15(9-7-13)18-11-14-5-3-4-10-16-14/h3-10,17H,1,11H2,2H3. The van der Waals surface area contributed by atoms with Crippen molar-refractivity contribution in [3.05, 3.63) is 66.6 Å². The van der Waals surface area contributed by atoms with Gasteiger partial charge in [-0.1, -0.05) is 12.6 Å². The number of hydrogen-bond acceptors (Lipinski definition) is 3. The highest BCUT2D eigenvalue weighted by Crippen LogP contribution is 2.17. The number of nitrogens with one attached hydrogen (secondary N) is 1. The number of nitrogens with zero attached hydrogens (tertiary/aromatic N) is 1. The van der Waals surface area contributed by atoms with E-state index in [1.807, 2.05) is 49.4 Å². The van der Waals surface area contributed by atoms with Crippen LogP contribution in [0.1, 0.15) is 12.6 Å². The van der Waals surface area contributed by atoms with Crippen molar-refractivity contribution >= 4 is 5.69 Å². The Kier molecular flexibility index (Phi) is 3.97. The topological polar surface area (TPSA) is 34.1 Å². The van der Waals surface area contributed by atoms with Crippen molar-refractivity contribution in [2.45, 2.75) is 13.5 Å². The normalized spacial score (nSPS) is 9.83. The molecular formula is C15H16N2O. The van der Waals surface area contributed by atoms with Gasteiger partial charge in [0.05, 0.1) is 5.69 Å². The second-order valence-corrected chi connectivity index (χ2v) is 4.04. The zero-order valence-corrected chi connectivity index (χ0v) is 10.4. The molecule has 0 fully saturated rings. The number of hydrogen-bond donors (Lipinski definition) is 1. The minimum Gasteiger partial charge on any atom is -0.487 e. The van der Waals surface area contributed by atoms with Crippen molar-refractivity contribution in [3.63, 3.8) is 0 Å². The highest BCUT2D eigenvalue weighted by atomic mass is 16.5. The van der Waals surface area contributed by atoms with E-state index >= 15 is 0 Å². The SMILES string of the molecule is C=C(C)Nc1ccc(OCc2ccccn2)cc1. The molecule has 0 radical (unpaired) electrons. The molecule has 2 rings (SSSR count). The van der Waals surface area contributed by atoms with E-state index < -0.39 is 0 Å². The first kappa shape index (κ1) is 12.2. The summed E-state index contributed by atoms with van der Waals surface area (Å²) in [6, 6.07) is 13.6. The van der Waals surface area contributed by atoms with Gasteiger partial charge in [0.25, 0.3) is 0 Å². The molecule has 18 heavy (non-hydrogen) atoms. The van der Waals surface area contributed by atoms with E-state index in [9.17, 15) is 0 Å². The summed E-state index contributed by atoms with van der Waals surface area (Å²) in [5.41, 5.74) is 2.84. The van der Waals surface area contributed by atoms with Crippen molar-refractivity contribution in [1.82, 2.24) is 4.98 Å². The summed E-state index contributed by atoms with van der Waals surface area (Å²) in [7, 11) is 0. The predicted molar refractivity (Wildman–Crippen MR) is 73.4 cm³/mol. The summed E-state index contributed by atoms with van der Waals surface area (Å²) >= 11 is 0. The molecule has 92 valence electrons. The number of ether oxygens (including phenoxy) is 1. The Bertz CT molecular complexity index is 506. The fraction of sp³-hybridized carbons (Fsp3) is 0.133. The van der Waals surface area contributed by atoms with Gasteiger partial charge in [0.2, 0.25) is 0 Å². The number of anilines is 1. The van der Waals surface area contributed by atoms with Crippen LogP contribution in [0.25, 0.3) is 0 Å². The summed E-state index contributed by atoms with van der Waals surface area (Å²) in [6.07, 6.45) is 1.76. The summed E-state index contributed by atoms with van der Waals surface area (Å²) in [5, 5.41) is 3.14. The molecule has 2 aromatic rings. The zero-order chi connectivity index (χ0) is 12.8. The number of aromatic nitrogens is 1. The lowest BCUT2D eigenvalue weighted by Crippen LogP contribution is -1.98. The molecule has 3 heteroatoms. The minimum atomic E-state index is 0.480. The number of benzene rings is 1. The van der Waals surface area contributed by atoms with Crippen LogP contribution < -0.4 is 10.1 Å². The Morgan fingerprint density at radius 3 is 2.61 bits per heavy atom. The van der Waals surface area contributed by atoms with Crippen LogP contribution in [-0.4, -0.2) is 4.98 Å². The van der Waals surface area contributed by atoms with Gasteiger partial charge in [0, 0.05) is 17.6 Å². The van der Waals surface area contributed by atoms with E-state index in [0.29, 0.717) is 6.61 Å². The second kappa shape index (κ2) is 5.87. The van der Waals surface area contributed by atoms with Crippen LogP contribution in [0.2, 0.25) is 0 Å². The van der Waals surface area contributed by atoms with Crippen LogP contribution in [-0.2, 0) is 6.61 Å². The quantitative estimate of drug-likeness (QED) is 0.867. The Balaban J connectivity index is 1.92. The Labute approximate surface area is 107 Å². The molecule has 0 saturated carbocycles. The van der Waals surface area contributed by atoms with Gasteiger partial charge < -0.3 is 10.1 Å². The van der Waals surface area contributed by atoms with E-state index in [1.165, 1.54) is 0 Å². The highest BCUT2D eigenvalue weighted by Gasteiger charge is 1.97. The van der Waals surface area contributed by atoms with Gasteiger partial charge in [0.15, 0.2) is 0 Å². The lowest BCUT2D eigenvalue weighted by atomic mass is 10.3. The van der Waals surface area contributed by atoms with Gasteiger partial charge in [0.1, 0.15) is 12.4 Å². The third kappa shape index (κ3) is 3.63. The number of allylic oxidation sites excluding steroid dienone is 1. The van der Waals surface area contributed by atoms with E-state index in [4.69, 9.17) is 4.74 Å². The van der Waals surface area contributed by atoms with Gasteiger partial charge in [-0.05, 0) is 43.3 Å². The monoisotopic (exact) mass is 240 g/mol. The van der Waals surface area contributed by atoms with E-state index in [0.717, 1.165) is 22.8 Å². The van der Waals surface area contributed by atoms with Gasteiger partial charge in [-0.25, -0.2) is 0 Å². The van der Waals surface area contributed by atoms with Crippen molar-refractivity contribution in [2.24, 2.45) is 0 Å². The first-order valence-electron chi connectivity index (χ1n) is 5.79. The Morgan fingerprint density at radius 2 is 2.00 bits per heavy atom. The van der Waals surface area contributed by atoms with Crippen molar-refractivity contribution < 1.29 is 4.74 Å². The zero-order valence-electron chi connectivity index (χ0n) is 10.4. The van der Waals surface area contributed by atoms with Crippen LogP contribution >= 0.6 is 0 Å². The highest BCUT2D eigenvalue weighted by molar-refractivity contribution is 5.49. The molecule has 0 bridgehead atoms. The molecule has 1 aromatic carbocycles. The molecule has 0 aliphatic heterocycles. The summed E-state index contributed by atoms with van der Waals surface area (Å²) < 4.78 is 5.64. The molecule has 1 aromatic heterocycles. The fourth-order valence-electron chi connectivity index (χ4n) is 1.52. The average molecular weight is 240 g/mol. The van der Waals surface area contributed by atoms with Crippen LogP contribution in [0.4, 0.5) is 5.69 Å². The lowest BCUT2D eigenvalue weighted by Gasteiger charge is -2.08. The molecule has 0 amide bonds. The van der Waals surface area contributed by atoms with Gasteiger partial charge in [-0.3, -0.25) is 4.98 Å². The van der Waals surface area contributed by atoms with Gasteiger partial charge in [-0.15, -0.1) is 0 Å². The predicted octanol–water partition coefficient (Wildman–Crippen LogP) is 3.61. The van der Waals surface area contributed by atoms with Crippen LogP contribution in [0.3, 0.4) is 0 Å². The van der Waals surface area contributed by atoms with E-state index in [1.54, 1.807) is 6.20 Å². The van der Waals surface area contributed by atoms with Crippen LogP contribution in [0, 0.1) is 0 Å². The Hall–Kier alpha value is -2.29. The fourth-order valence-corrected chi connectivity index (χ4v) is 1.52. The van der Waals surface area contributed by atoms with Gasteiger partial charge in [-0.2, -0.15) is 0 Å². The molecule has 1 N–H and O–H groups in total. The summed E-state index contributed by atoms with van der Waals surface area (Å²) in [4.78, 5) is 4.20. The first-order valence-corrected chi connectivity index (χ1v) is 5.79. The van der Waals surface area contributed by atoms with Gasteiger partial charge >= 0.3 is 0 Å². The molecule has 1 heterocycles. The first-order chi connectivity index (χ1) is 8.74. The maximum Gasteiger partial charge on any atom is 0.130 e. The van der Waals surface area contributed by atoms with Crippen LogP contribution in [0.15, 0.2) is 60.9 Å². The van der Waals surface area contributed by atoms with Crippen LogP contribution in [0.5, 0.6) is 5.75 Å². The third-order valence-electron chi connectivity index (χ3n) is 2.32. The van der Waals surface area contributed by atoms with Crippen molar-refractivity contribution in [3.8, 4) is 5.75 Å². The van der Waals surface area contributed by atoms with E-state index in [-0.39, 0.29) is 0 Å². The minimum absolute atomic E-state index is 0.480. The molecule has 0 atom stereocenters. The third-order valence-corrected chi connectivity index (χ3v) is 2.32. The molecule has 0 aliphatic rings. The molecule has 3 nitrogen and oxygen atoms in total. The van der Waals surface area contributed by atoms with Crippen molar-refractivity contribution in [1.29, 1.82) is 0 Å². The molecule has 0 aliphatic carbocycles. The number of pyridine rings is 1. The summed E-state index contributed by atoms with van der Waals surface area (Å²) in [5.74, 6) is 0.827. The Morgan fingerprint density at radius 1 is 1.22 bits per heavy atom. The molecule has 0 spiro atoms. The second-order valence-electron chi connectivity index (χ2n) is 4.04. The molecule has 0 unspecified atom stereocenters. The molecule has 0 saturated heterocycles.